The number of hydrogen-bond acceptors (Lipinski definition) is 6. The van der Waals surface area contributed by atoms with Gasteiger partial charge in [-0.3, -0.25) is 10.2 Å². The average Bonchev–Trinajstić information content (AvgIpc) is 3.31. The van der Waals surface area contributed by atoms with E-state index in [0.717, 1.165) is 16.7 Å². The van der Waals surface area contributed by atoms with Gasteiger partial charge in [0.05, 0.1) is 18.2 Å². The molecule has 35 heavy (non-hydrogen) atoms. The summed E-state index contributed by atoms with van der Waals surface area (Å²) in [7, 11) is 0. The standard InChI is InChI=1S/C27H25ClN4O3/c1-3-35-27(34)25-22(18-13-15-21(28)16-14-18)24(30-31-25)23(19-7-5-4-6-8-19)29-32-26(33)20-11-9-17(2)10-12-20/h4-16,22,25,31H,3H2,1-2H3,(H,32,33)/b29-23+. The summed E-state index contributed by atoms with van der Waals surface area (Å²) in [5.41, 5.74) is 9.58. The van der Waals surface area contributed by atoms with Crippen LogP contribution >= 0.6 is 11.6 Å². The molecular formula is C27H25ClN4O3. The summed E-state index contributed by atoms with van der Waals surface area (Å²) in [5, 5.41) is 9.54. The van der Waals surface area contributed by atoms with Crippen molar-refractivity contribution in [2.45, 2.75) is 25.8 Å². The van der Waals surface area contributed by atoms with Crippen LogP contribution in [0.3, 0.4) is 0 Å². The molecule has 2 unspecified atom stereocenters. The lowest BCUT2D eigenvalue weighted by molar-refractivity contribution is -0.145. The molecule has 7 nitrogen and oxygen atoms in total. The van der Waals surface area contributed by atoms with Gasteiger partial charge < -0.3 is 4.74 Å². The molecule has 178 valence electrons. The first kappa shape index (κ1) is 24.2. The van der Waals surface area contributed by atoms with E-state index in [1.54, 1.807) is 31.2 Å². The van der Waals surface area contributed by atoms with Crippen molar-refractivity contribution in [2.24, 2.45) is 10.2 Å². The Morgan fingerprint density at radius 1 is 1.00 bits per heavy atom. The van der Waals surface area contributed by atoms with Gasteiger partial charge in [-0.05, 0) is 43.7 Å². The van der Waals surface area contributed by atoms with Crippen LogP contribution in [0, 0.1) is 6.92 Å². The predicted octanol–water partition coefficient (Wildman–Crippen LogP) is 4.46. The molecule has 1 aliphatic rings. The van der Waals surface area contributed by atoms with Gasteiger partial charge in [-0.25, -0.2) is 10.2 Å². The summed E-state index contributed by atoms with van der Waals surface area (Å²) in [5.74, 6) is -1.29. The molecule has 4 rings (SSSR count). The first-order valence-electron chi connectivity index (χ1n) is 11.2. The second kappa shape index (κ2) is 11.0. The van der Waals surface area contributed by atoms with E-state index >= 15 is 0 Å². The Hall–Kier alpha value is -3.97. The highest BCUT2D eigenvalue weighted by Gasteiger charge is 2.41. The number of amides is 1. The van der Waals surface area contributed by atoms with Gasteiger partial charge in [-0.2, -0.15) is 10.2 Å². The molecule has 3 aromatic rings. The van der Waals surface area contributed by atoms with Crippen LogP contribution in [0.2, 0.25) is 5.02 Å². The minimum atomic E-state index is -0.757. The van der Waals surface area contributed by atoms with Crippen LogP contribution in [0.5, 0.6) is 0 Å². The van der Waals surface area contributed by atoms with Gasteiger partial charge in [0.15, 0.2) is 6.04 Å². The Bertz CT molecular complexity index is 1260. The zero-order chi connectivity index (χ0) is 24.8. The summed E-state index contributed by atoms with van der Waals surface area (Å²) in [6.45, 7) is 3.95. The summed E-state index contributed by atoms with van der Waals surface area (Å²) in [6.07, 6.45) is 0. The number of nitrogens with zero attached hydrogens (tertiary/aromatic N) is 2. The van der Waals surface area contributed by atoms with E-state index in [2.05, 4.69) is 21.1 Å². The van der Waals surface area contributed by atoms with E-state index in [9.17, 15) is 9.59 Å². The maximum atomic E-state index is 12.8. The van der Waals surface area contributed by atoms with Crippen molar-refractivity contribution in [1.29, 1.82) is 0 Å². The number of hydrazone groups is 2. The summed E-state index contributed by atoms with van der Waals surface area (Å²) in [6, 6.07) is 23.0. The van der Waals surface area contributed by atoms with Crippen LogP contribution in [-0.4, -0.2) is 35.9 Å². The molecular weight excluding hydrogens is 464 g/mol. The molecule has 0 radical (unpaired) electrons. The number of aryl methyl sites for hydroxylation is 1. The number of carbonyl (C=O) groups is 2. The van der Waals surface area contributed by atoms with Gasteiger partial charge in [0.2, 0.25) is 0 Å². The average molecular weight is 489 g/mol. The molecule has 2 N–H and O–H groups in total. The van der Waals surface area contributed by atoms with Crippen LogP contribution in [0.1, 0.15) is 39.9 Å². The van der Waals surface area contributed by atoms with Crippen LogP contribution < -0.4 is 10.9 Å². The Labute approximate surface area is 208 Å². The Morgan fingerprint density at radius 3 is 2.34 bits per heavy atom. The smallest absolute Gasteiger partial charge is 0.331 e. The van der Waals surface area contributed by atoms with E-state index < -0.39 is 17.9 Å². The lowest BCUT2D eigenvalue weighted by Gasteiger charge is -2.21. The third-order valence-electron chi connectivity index (χ3n) is 5.59. The maximum absolute atomic E-state index is 12.8. The van der Waals surface area contributed by atoms with E-state index in [4.69, 9.17) is 16.3 Å². The van der Waals surface area contributed by atoms with Gasteiger partial charge in [0.25, 0.3) is 5.91 Å². The number of halogens is 1. The molecule has 0 aliphatic carbocycles. The lowest BCUT2D eigenvalue weighted by Crippen LogP contribution is -2.39. The normalized spacial score (nSPS) is 17.3. The quantitative estimate of drug-likeness (QED) is 0.292. The van der Waals surface area contributed by atoms with Crippen LogP contribution in [0.4, 0.5) is 0 Å². The van der Waals surface area contributed by atoms with Gasteiger partial charge in [-0.1, -0.05) is 71.8 Å². The molecule has 1 heterocycles. The van der Waals surface area contributed by atoms with E-state index in [0.29, 0.717) is 22.0 Å². The van der Waals surface area contributed by atoms with Crippen LogP contribution in [0.25, 0.3) is 0 Å². The van der Waals surface area contributed by atoms with E-state index in [1.807, 2.05) is 61.5 Å². The number of nitrogens with one attached hydrogen (secondary N) is 2. The molecule has 2 atom stereocenters. The zero-order valence-electron chi connectivity index (χ0n) is 19.4. The maximum Gasteiger partial charge on any atom is 0.331 e. The van der Waals surface area contributed by atoms with Crippen molar-refractivity contribution < 1.29 is 14.3 Å². The molecule has 0 bridgehead atoms. The number of ether oxygens (including phenoxy) is 1. The van der Waals surface area contributed by atoms with Crippen LogP contribution in [0.15, 0.2) is 89.1 Å². The third-order valence-corrected chi connectivity index (χ3v) is 5.85. The SMILES string of the molecule is CCOC(=O)C1NN=C(/C(=N/NC(=O)c2ccc(C)cc2)c2ccccc2)C1c1ccc(Cl)cc1. The van der Waals surface area contributed by atoms with E-state index in [1.165, 1.54) is 0 Å². The Morgan fingerprint density at radius 2 is 1.69 bits per heavy atom. The fourth-order valence-electron chi connectivity index (χ4n) is 3.82. The molecule has 1 aliphatic heterocycles. The molecule has 0 saturated carbocycles. The van der Waals surface area contributed by atoms with Gasteiger partial charge in [0.1, 0.15) is 5.71 Å². The Balaban J connectivity index is 1.74. The highest BCUT2D eigenvalue weighted by molar-refractivity contribution is 6.50. The van der Waals surface area contributed by atoms with Crippen molar-refractivity contribution in [2.75, 3.05) is 6.61 Å². The molecule has 1 amide bonds. The first-order valence-corrected chi connectivity index (χ1v) is 11.6. The third kappa shape index (κ3) is 5.58. The fraction of sp³-hybridized carbons (Fsp3) is 0.185. The van der Waals surface area contributed by atoms with Gasteiger partial charge in [0, 0.05) is 16.1 Å². The monoisotopic (exact) mass is 488 g/mol. The number of carbonyl (C=O) groups excluding carboxylic acids is 2. The van der Waals surface area contributed by atoms with Crippen molar-refractivity contribution in [3.05, 3.63) is 106 Å². The topological polar surface area (TPSA) is 92.2 Å². The summed E-state index contributed by atoms with van der Waals surface area (Å²) in [4.78, 5) is 25.6. The second-order valence-corrected chi connectivity index (χ2v) is 8.45. The minimum absolute atomic E-state index is 0.242. The van der Waals surface area contributed by atoms with Crippen molar-refractivity contribution in [1.82, 2.24) is 10.9 Å². The van der Waals surface area contributed by atoms with Gasteiger partial charge >= 0.3 is 5.97 Å². The molecule has 0 fully saturated rings. The van der Waals surface area contributed by atoms with E-state index in [-0.39, 0.29) is 12.5 Å². The highest BCUT2D eigenvalue weighted by atomic mass is 35.5. The molecule has 3 aromatic carbocycles. The lowest BCUT2D eigenvalue weighted by atomic mass is 9.85. The molecule has 0 saturated heterocycles. The zero-order valence-corrected chi connectivity index (χ0v) is 20.1. The van der Waals surface area contributed by atoms with Gasteiger partial charge in [-0.15, -0.1) is 0 Å². The number of hydrogen-bond donors (Lipinski definition) is 2. The largest absolute Gasteiger partial charge is 0.464 e. The number of rotatable bonds is 7. The summed E-state index contributed by atoms with van der Waals surface area (Å²) >= 11 is 6.11. The van der Waals surface area contributed by atoms with Crippen molar-refractivity contribution in [3.63, 3.8) is 0 Å². The molecule has 8 heteroatoms. The van der Waals surface area contributed by atoms with Crippen LogP contribution in [-0.2, 0) is 9.53 Å². The first-order chi connectivity index (χ1) is 17.0. The molecule has 0 spiro atoms. The minimum Gasteiger partial charge on any atom is -0.464 e. The fourth-order valence-corrected chi connectivity index (χ4v) is 3.95. The predicted molar refractivity (Wildman–Crippen MR) is 137 cm³/mol. The van der Waals surface area contributed by atoms with Crippen molar-refractivity contribution in [3.8, 4) is 0 Å². The number of benzene rings is 3. The summed E-state index contributed by atoms with van der Waals surface area (Å²) < 4.78 is 5.29. The van der Waals surface area contributed by atoms with Crippen molar-refractivity contribution >= 4 is 34.9 Å². The molecule has 0 aromatic heterocycles. The highest BCUT2D eigenvalue weighted by Crippen LogP contribution is 2.30. The number of esters is 1. The Kier molecular flexibility index (Phi) is 7.57. The second-order valence-electron chi connectivity index (χ2n) is 8.02.